The zero-order valence-electron chi connectivity index (χ0n) is 7.53. The van der Waals surface area contributed by atoms with Gasteiger partial charge in [-0.05, 0) is 19.8 Å². The van der Waals surface area contributed by atoms with Crippen LogP contribution in [0, 0.1) is 0 Å². The summed E-state index contributed by atoms with van der Waals surface area (Å²) < 4.78 is 1.90. The van der Waals surface area contributed by atoms with Crippen molar-refractivity contribution in [2.24, 2.45) is 0 Å². The average molecular weight is 180 g/mol. The summed E-state index contributed by atoms with van der Waals surface area (Å²) in [6, 6.07) is 0. The van der Waals surface area contributed by atoms with Crippen LogP contribution in [-0.4, -0.2) is 20.6 Å². The molecule has 0 amide bonds. The molecule has 1 N–H and O–H groups in total. The Morgan fingerprint density at radius 1 is 1.77 bits per heavy atom. The lowest BCUT2D eigenvalue weighted by molar-refractivity contribution is -0.140. The van der Waals surface area contributed by atoms with Crippen molar-refractivity contribution in [2.75, 3.05) is 0 Å². The number of carboxylic acids is 1. The third-order valence-electron chi connectivity index (χ3n) is 2.64. The minimum Gasteiger partial charge on any atom is -0.480 e. The fraction of sp³-hybridized carbons (Fsp3) is 0.556. The topological polar surface area (TPSA) is 55.1 Å². The number of rotatable bonds is 3. The van der Waals surface area contributed by atoms with Gasteiger partial charge in [-0.1, -0.05) is 0 Å². The highest BCUT2D eigenvalue weighted by molar-refractivity contribution is 5.83. The number of aromatic nitrogens is 2. The van der Waals surface area contributed by atoms with Crippen molar-refractivity contribution in [2.45, 2.75) is 31.7 Å². The van der Waals surface area contributed by atoms with Gasteiger partial charge >= 0.3 is 5.97 Å². The summed E-state index contributed by atoms with van der Waals surface area (Å²) in [7, 11) is 0. The molecule has 4 nitrogen and oxygen atoms in total. The smallest absolute Gasteiger partial charge is 0.317 e. The second-order valence-electron chi connectivity index (χ2n) is 3.42. The van der Waals surface area contributed by atoms with Crippen molar-refractivity contribution in [1.82, 2.24) is 9.55 Å². The van der Waals surface area contributed by atoms with Gasteiger partial charge in [0.05, 0.1) is 0 Å². The summed E-state index contributed by atoms with van der Waals surface area (Å²) in [6.45, 7) is 2.77. The Morgan fingerprint density at radius 2 is 2.46 bits per heavy atom. The molecule has 1 heterocycles. The molecule has 0 bridgehead atoms. The molecule has 13 heavy (non-hydrogen) atoms. The molecule has 70 valence electrons. The van der Waals surface area contributed by atoms with Gasteiger partial charge in [-0.15, -0.1) is 0 Å². The molecule has 0 atom stereocenters. The van der Waals surface area contributed by atoms with Gasteiger partial charge in [0.2, 0.25) is 0 Å². The zero-order valence-corrected chi connectivity index (χ0v) is 7.53. The van der Waals surface area contributed by atoms with Crippen molar-refractivity contribution in [3.63, 3.8) is 0 Å². The molecule has 0 spiro atoms. The molecule has 1 aromatic heterocycles. The summed E-state index contributed by atoms with van der Waals surface area (Å²) in [5.74, 6) is -0.0316. The van der Waals surface area contributed by atoms with Crippen LogP contribution >= 0.6 is 0 Å². The van der Waals surface area contributed by atoms with Crippen molar-refractivity contribution in [3.05, 3.63) is 18.2 Å². The number of nitrogens with zero attached hydrogens (tertiary/aromatic N) is 2. The van der Waals surface area contributed by atoms with Crippen molar-refractivity contribution < 1.29 is 9.90 Å². The van der Waals surface area contributed by atoms with Gasteiger partial charge < -0.3 is 9.67 Å². The molecule has 1 aliphatic rings. The second kappa shape index (κ2) is 2.58. The molecule has 2 rings (SSSR count). The summed E-state index contributed by atoms with van der Waals surface area (Å²) in [6.07, 6.45) is 4.94. The number of aliphatic carboxylic acids is 1. The van der Waals surface area contributed by atoms with Crippen molar-refractivity contribution in [3.8, 4) is 0 Å². The molecular formula is C9H12N2O2. The van der Waals surface area contributed by atoms with Gasteiger partial charge in [0.15, 0.2) is 0 Å². The van der Waals surface area contributed by atoms with Crippen LogP contribution in [0.15, 0.2) is 12.4 Å². The number of hydrogen-bond acceptors (Lipinski definition) is 2. The lowest BCUT2D eigenvalue weighted by Gasteiger charge is -2.10. The highest BCUT2D eigenvalue weighted by Crippen LogP contribution is 2.47. The molecular weight excluding hydrogens is 168 g/mol. The minimum absolute atomic E-state index is 0.667. The van der Waals surface area contributed by atoms with E-state index in [1.165, 1.54) is 0 Å². The van der Waals surface area contributed by atoms with Gasteiger partial charge in [-0.3, -0.25) is 4.79 Å². The first-order valence-electron chi connectivity index (χ1n) is 4.46. The molecule has 0 aromatic carbocycles. The quantitative estimate of drug-likeness (QED) is 0.755. The van der Waals surface area contributed by atoms with E-state index in [1.807, 2.05) is 17.7 Å². The van der Waals surface area contributed by atoms with E-state index in [1.54, 1.807) is 6.20 Å². The normalized spacial score (nSPS) is 18.5. The fourth-order valence-electron chi connectivity index (χ4n) is 1.64. The Kier molecular flexibility index (Phi) is 1.65. The molecule has 1 aromatic rings. The predicted octanol–water partition coefficient (Wildman–Crippen LogP) is 1.02. The lowest BCUT2D eigenvalue weighted by Crippen LogP contribution is -2.24. The largest absolute Gasteiger partial charge is 0.480 e. The average Bonchev–Trinajstić information content (AvgIpc) is 2.78. The Labute approximate surface area is 76.2 Å². The number of hydrogen-bond donors (Lipinski definition) is 1. The van der Waals surface area contributed by atoms with E-state index in [4.69, 9.17) is 5.11 Å². The summed E-state index contributed by atoms with van der Waals surface area (Å²) >= 11 is 0. The van der Waals surface area contributed by atoms with E-state index in [0.717, 1.165) is 19.4 Å². The Bertz CT molecular complexity index is 339. The van der Waals surface area contributed by atoms with Crippen LogP contribution in [0.1, 0.15) is 25.6 Å². The maximum absolute atomic E-state index is 11.0. The van der Waals surface area contributed by atoms with E-state index in [9.17, 15) is 4.79 Å². The van der Waals surface area contributed by atoms with Crippen LogP contribution in [0.5, 0.6) is 0 Å². The zero-order chi connectivity index (χ0) is 9.47. The van der Waals surface area contributed by atoms with Gasteiger partial charge in [0.1, 0.15) is 11.2 Å². The van der Waals surface area contributed by atoms with Crippen LogP contribution in [-0.2, 0) is 16.8 Å². The summed E-state index contributed by atoms with van der Waals surface area (Å²) in [5.41, 5.74) is -0.667. The van der Waals surface area contributed by atoms with Crippen LogP contribution in [0.2, 0.25) is 0 Å². The third kappa shape index (κ3) is 1.05. The number of aryl methyl sites for hydroxylation is 1. The van der Waals surface area contributed by atoms with Crippen LogP contribution in [0.4, 0.5) is 0 Å². The number of imidazole rings is 1. The Morgan fingerprint density at radius 3 is 2.92 bits per heavy atom. The molecule has 1 aliphatic carbocycles. The maximum Gasteiger partial charge on any atom is 0.317 e. The summed E-state index contributed by atoms with van der Waals surface area (Å²) in [5, 5.41) is 9.04. The molecule has 0 unspecified atom stereocenters. The predicted molar refractivity (Wildman–Crippen MR) is 46.4 cm³/mol. The number of carboxylic acid groups (broad SMARTS) is 1. The maximum atomic E-state index is 11.0. The monoisotopic (exact) mass is 180 g/mol. The lowest BCUT2D eigenvalue weighted by atomic mass is 10.1. The van der Waals surface area contributed by atoms with Crippen molar-refractivity contribution in [1.29, 1.82) is 0 Å². The fourth-order valence-corrected chi connectivity index (χ4v) is 1.64. The first-order valence-corrected chi connectivity index (χ1v) is 4.46. The van der Waals surface area contributed by atoms with Gasteiger partial charge in [-0.25, -0.2) is 4.98 Å². The molecule has 4 heteroatoms. The molecule has 0 radical (unpaired) electrons. The molecule has 1 fully saturated rings. The van der Waals surface area contributed by atoms with Crippen LogP contribution < -0.4 is 0 Å². The van der Waals surface area contributed by atoms with E-state index in [-0.39, 0.29) is 0 Å². The van der Waals surface area contributed by atoms with Crippen LogP contribution in [0.3, 0.4) is 0 Å². The SMILES string of the molecule is CCn1ccnc1C1(C(=O)O)CC1. The first-order chi connectivity index (χ1) is 6.20. The Hall–Kier alpha value is -1.32. The second-order valence-corrected chi connectivity index (χ2v) is 3.42. The molecule has 0 saturated heterocycles. The first kappa shape index (κ1) is 8.29. The molecule has 1 saturated carbocycles. The standard InChI is InChI=1S/C9H12N2O2/c1-2-11-6-5-10-7(11)9(3-4-9)8(12)13/h5-6H,2-4H2,1H3,(H,12,13). The minimum atomic E-state index is -0.742. The third-order valence-corrected chi connectivity index (χ3v) is 2.64. The highest BCUT2D eigenvalue weighted by atomic mass is 16.4. The van der Waals surface area contributed by atoms with E-state index < -0.39 is 11.4 Å². The van der Waals surface area contributed by atoms with E-state index in [0.29, 0.717) is 5.82 Å². The van der Waals surface area contributed by atoms with Crippen LogP contribution in [0.25, 0.3) is 0 Å². The molecule has 0 aliphatic heterocycles. The van der Waals surface area contributed by atoms with Gasteiger partial charge in [0.25, 0.3) is 0 Å². The van der Waals surface area contributed by atoms with Crippen molar-refractivity contribution >= 4 is 5.97 Å². The highest BCUT2D eigenvalue weighted by Gasteiger charge is 2.54. The van der Waals surface area contributed by atoms with Gasteiger partial charge in [0, 0.05) is 18.9 Å². The van der Waals surface area contributed by atoms with Gasteiger partial charge in [-0.2, -0.15) is 0 Å². The Balaban J connectivity index is 2.40. The summed E-state index contributed by atoms with van der Waals surface area (Å²) in [4.78, 5) is 15.1. The number of carbonyl (C=O) groups is 1. The van der Waals surface area contributed by atoms with E-state index in [2.05, 4.69) is 4.98 Å². The van der Waals surface area contributed by atoms with E-state index >= 15 is 0 Å².